The summed E-state index contributed by atoms with van der Waals surface area (Å²) < 4.78 is 27.2. The predicted molar refractivity (Wildman–Crippen MR) is 62.6 cm³/mol. The van der Waals surface area contributed by atoms with Crippen LogP contribution in [0.25, 0.3) is 0 Å². The number of nitrogens with zero attached hydrogens (tertiary/aromatic N) is 3. The van der Waals surface area contributed by atoms with Gasteiger partial charge >= 0.3 is 0 Å². The van der Waals surface area contributed by atoms with Crippen LogP contribution < -0.4 is 5.32 Å². The van der Waals surface area contributed by atoms with Crippen LogP contribution in [-0.2, 0) is 15.0 Å². The molecule has 1 amide bonds. The Hall–Kier alpha value is -0.700. The molecule has 98 valence electrons. The van der Waals surface area contributed by atoms with E-state index in [4.69, 9.17) is 0 Å². The van der Waals surface area contributed by atoms with Crippen LogP contribution in [0.3, 0.4) is 0 Å². The summed E-state index contributed by atoms with van der Waals surface area (Å²) in [7, 11) is -1.77. The maximum absolute atomic E-state index is 12.2. The Bertz CT molecular complexity index is 391. The Morgan fingerprint density at radius 3 is 2.29 bits per heavy atom. The molecule has 2 heterocycles. The summed E-state index contributed by atoms with van der Waals surface area (Å²) in [6.07, 6.45) is 0. The zero-order valence-electron chi connectivity index (χ0n) is 9.92. The van der Waals surface area contributed by atoms with Gasteiger partial charge in [0.1, 0.15) is 0 Å². The van der Waals surface area contributed by atoms with Gasteiger partial charge in [0, 0.05) is 46.3 Å². The van der Waals surface area contributed by atoms with Crippen LogP contribution in [0, 0.1) is 0 Å². The van der Waals surface area contributed by atoms with Gasteiger partial charge in [0.15, 0.2) is 0 Å². The van der Waals surface area contributed by atoms with E-state index in [2.05, 4.69) is 5.32 Å². The molecule has 0 spiro atoms. The van der Waals surface area contributed by atoms with Crippen LogP contribution in [0.5, 0.6) is 0 Å². The van der Waals surface area contributed by atoms with E-state index >= 15 is 0 Å². The van der Waals surface area contributed by atoms with Crippen molar-refractivity contribution in [1.29, 1.82) is 0 Å². The van der Waals surface area contributed by atoms with Crippen molar-refractivity contribution in [3.8, 4) is 0 Å². The molecule has 7 nitrogen and oxygen atoms in total. The van der Waals surface area contributed by atoms with Crippen molar-refractivity contribution < 1.29 is 13.2 Å². The van der Waals surface area contributed by atoms with Gasteiger partial charge in [-0.15, -0.1) is 0 Å². The van der Waals surface area contributed by atoms with E-state index < -0.39 is 10.2 Å². The molecule has 0 aliphatic carbocycles. The van der Waals surface area contributed by atoms with E-state index in [1.54, 1.807) is 11.9 Å². The first-order valence-electron chi connectivity index (χ1n) is 5.72. The molecule has 2 aliphatic rings. The quantitative estimate of drug-likeness (QED) is 0.619. The number of nitrogens with one attached hydrogen (secondary N) is 1. The first-order chi connectivity index (χ1) is 8.01. The number of piperazine rings is 2. The normalized spacial score (nSPS) is 25.2. The summed E-state index contributed by atoms with van der Waals surface area (Å²) in [4.78, 5) is 13.1. The molecular weight excluding hydrogens is 244 g/mol. The Kier molecular flexibility index (Phi) is 3.67. The largest absolute Gasteiger partial charge is 0.343 e. The maximum atomic E-state index is 12.2. The number of hydrogen-bond acceptors (Lipinski definition) is 4. The van der Waals surface area contributed by atoms with Crippen molar-refractivity contribution in [3.05, 3.63) is 0 Å². The van der Waals surface area contributed by atoms with E-state index in [9.17, 15) is 13.2 Å². The first-order valence-corrected chi connectivity index (χ1v) is 7.11. The molecule has 0 aromatic carbocycles. The van der Waals surface area contributed by atoms with Gasteiger partial charge in [-0.25, -0.2) is 0 Å². The smallest absolute Gasteiger partial charge is 0.282 e. The van der Waals surface area contributed by atoms with E-state index in [1.165, 1.54) is 8.61 Å². The molecule has 0 aromatic heterocycles. The molecule has 8 heteroatoms. The molecule has 2 rings (SSSR count). The summed E-state index contributed by atoms with van der Waals surface area (Å²) >= 11 is 0. The third-order valence-corrected chi connectivity index (χ3v) is 5.13. The molecule has 0 unspecified atom stereocenters. The summed E-state index contributed by atoms with van der Waals surface area (Å²) in [6, 6.07) is 0. The monoisotopic (exact) mass is 262 g/mol. The van der Waals surface area contributed by atoms with Gasteiger partial charge in [-0.05, 0) is 0 Å². The third kappa shape index (κ3) is 2.59. The van der Waals surface area contributed by atoms with E-state index in [0.717, 1.165) is 0 Å². The van der Waals surface area contributed by atoms with Gasteiger partial charge in [-0.1, -0.05) is 0 Å². The van der Waals surface area contributed by atoms with Gasteiger partial charge in [0.25, 0.3) is 10.2 Å². The fourth-order valence-electron chi connectivity index (χ4n) is 1.97. The summed E-state index contributed by atoms with van der Waals surface area (Å²) in [5.41, 5.74) is 0. The lowest BCUT2D eigenvalue weighted by Crippen LogP contribution is -2.57. The number of carbonyl (C=O) groups excluding carboxylic acids is 1. The molecule has 0 radical (unpaired) electrons. The average Bonchev–Trinajstić information content (AvgIpc) is 2.33. The Morgan fingerprint density at radius 1 is 1.06 bits per heavy atom. The molecule has 0 bridgehead atoms. The number of rotatable bonds is 2. The van der Waals surface area contributed by atoms with Crippen LogP contribution in [0.4, 0.5) is 0 Å². The molecular formula is C9H18N4O3S. The topological polar surface area (TPSA) is 73.0 Å². The highest BCUT2D eigenvalue weighted by molar-refractivity contribution is 7.86. The second-order valence-electron chi connectivity index (χ2n) is 4.31. The van der Waals surface area contributed by atoms with Crippen LogP contribution in [0.1, 0.15) is 0 Å². The van der Waals surface area contributed by atoms with Crippen molar-refractivity contribution in [2.75, 3.05) is 52.9 Å². The van der Waals surface area contributed by atoms with Crippen molar-refractivity contribution >= 4 is 16.1 Å². The van der Waals surface area contributed by atoms with Gasteiger partial charge < -0.3 is 10.2 Å². The van der Waals surface area contributed by atoms with Crippen LogP contribution >= 0.6 is 0 Å². The predicted octanol–water partition coefficient (Wildman–Crippen LogP) is -2.09. The Morgan fingerprint density at radius 2 is 1.71 bits per heavy atom. The van der Waals surface area contributed by atoms with Gasteiger partial charge in [-0.3, -0.25) is 4.79 Å². The highest BCUT2D eigenvalue weighted by atomic mass is 32.2. The average molecular weight is 262 g/mol. The molecule has 2 saturated heterocycles. The SMILES string of the molecule is CN1CCN(S(=O)(=O)N2CCNCC2)CC1=O. The van der Waals surface area contributed by atoms with Crippen molar-refractivity contribution in [2.45, 2.75) is 0 Å². The summed E-state index contributed by atoms with van der Waals surface area (Å²) in [5, 5.41) is 3.11. The van der Waals surface area contributed by atoms with Gasteiger partial charge in [0.05, 0.1) is 6.54 Å². The third-order valence-electron chi connectivity index (χ3n) is 3.15. The van der Waals surface area contributed by atoms with E-state index in [-0.39, 0.29) is 12.5 Å². The van der Waals surface area contributed by atoms with Crippen LogP contribution in [0.2, 0.25) is 0 Å². The second-order valence-corrected chi connectivity index (χ2v) is 6.23. The fourth-order valence-corrected chi connectivity index (χ4v) is 3.53. The number of likely N-dealkylation sites (N-methyl/N-ethyl adjacent to an activating group) is 1. The summed E-state index contributed by atoms with van der Waals surface area (Å²) in [6.45, 7) is 3.09. The maximum Gasteiger partial charge on any atom is 0.282 e. The minimum Gasteiger partial charge on any atom is -0.343 e. The van der Waals surface area contributed by atoms with Crippen LogP contribution in [0.15, 0.2) is 0 Å². The lowest BCUT2D eigenvalue weighted by Gasteiger charge is -2.36. The number of carbonyl (C=O) groups is 1. The zero-order chi connectivity index (χ0) is 12.5. The minimum atomic E-state index is -3.46. The lowest BCUT2D eigenvalue weighted by molar-refractivity contribution is -0.132. The molecule has 2 fully saturated rings. The standard InChI is InChI=1S/C9H18N4O3S/c1-11-6-7-13(8-9(11)14)17(15,16)12-4-2-10-3-5-12/h10H,2-8H2,1H3. The molecule has 0 atom stereocenters. The highest BCUT2D eigenvalue weighted by Gasteiger charge is 2.34. The molecule has 17 heavy (non-hydrogen) atoms. The highest BCUT2D eigenvalue weighted by Crippen LogP contribution is 2.12. The van der Waals surface area contributed by atoms with Crippen molar-refractivity contribution in [3.63, 3.8) is 0 Å². The second kappa shape index (κ2) is 4.89. The molecule has 1 N–H and O–H groups in total. The lowest BCUT2D eigenvalue weighted by atomic mass is 10.4. The zero-order valence-corrected chi connectivity index (χ0v) is 10.7. The number of hydrogen-bond donors (Lipinski definition) is 1. The molecule has 2 aliphatic heterocycles. The van der Waals surface area contributed by atoms with Crippen LogP contribution in [-0.4, -0.2) is 80.7 Å². The Labute approximate surface area is 102 Å². The van der Waals surface area contributed by atoms with Crippen molar-refractivity contribution in [2.24, 2.45) is 0 Å². The van der Waals surface area contributed by atoms with E-state index in [0.29, 0.717) is 39.3 Å². The first kappa shape index (κ1) is 12.7. The van der Waals surface area contributed by atoms with Crippen molar-refractivity contribution in [1.82, 2.24) is 18.8 Å². The van der Waals surface area contributed by atoms with E-state index in [1.807, 2.05) is 0 Å². The van der Waals surface area contributed by atoms with Gasteiger partial charge in [-0.2, -0.15) is 17.0 Å². The van der Waals surface area contributed by atoms with Gasteiger partial charge in [0.2, 0.25) is 5.91 Å². The number of amides is 1. The minimum absolute atomic E-state index is 0.0389. The summed E-state index contributed by atoms with van der Waals surface area (Å²) in [5.74, 6) is -0.144. The fraction of sp³-hybridized carbons (Fsp3) is 0.889. The Balaban J connectivity index is 2.07. The molecule has 0 aromatic rings. The molecule has 0 saturated carbocycles.